The second-order valence-electron chi connectivity index (χ2n) is 5.21. The largest absolute Gasteiger partial charge is 0.462 e. The van der Waals surface area contributed by atoms with Crippen LogP contribution in [0.1, 0.15) is 56.3 Å². The van der Waals surface area contributed by atoms with Gasteiger partial charge in [0.25, 0.3) is 5.56 Å². The van der Waals surface area contributed by atoms with Gasteiger partial charge in [0.05, 0.1) is 23.9 Å². The molecule has 0 radical (unpaired) electrons. The number of aryl methyl sites for hydroxylation is 1. The van der Waals surface area contributed by atoms with Gasteiger partial charge in [-0.1, -0.05) is 32.6 Å². The van der Waals surface area contributed by atoms with Gasteiger partial charge in [-0.25, -0.2) is 9.78 Å². The molecule has 0 spiro atoms. The zero-order chi connectivity index (χ0) is 15.9. The number of thiophene rings is 1. The molecule has 0 saturated carbocycles. The van der Waals surface area contributed by atoms with Crippen molar-refractivity contribution in [2.75, 3.05) is 6.61 Å². The smallest absolute Gasteiger partial charge is 0.339 e. The fourth-order valence-corrected chi connectivity index (χ4v) is 3.24. The minimum atomic E-state index is -0.451. The Morgan fingerprint density at radius 1 is 1.27 bits per heavy atom. The van der Waals surface area contributed by atoms with Crippen LogP contribution >= 0.6 is 11.3 Å². The number of rotatable bonds is 8. The van der Waals surface area contributed by atoms with Crippen molar-refractivity contribution in [3.8, 4) is 0 Å². The van der Waals surface area contributed by atoms with Crippen LogP contribution in [0.15, 0.2) is 16.5 Å². The van der Waals surface area contributed by atoms with Crippen molar-refractivity contribution in [2.24, 2.45) is 0 Å². The highest BCUT2D eigenvalue weighted by Gasteiger charge is 2.18. The summed E-state index contributed by atoms with van der Waals surface area (Å²) in [4.78, 5) is 29.4. The molecule has 120 valence electrons. The van der Waals surface area contributed by atoms with Crippen molar-refractivity contribution in [2.45, 2.75) is 52.5 Å². The number of aromatic nitrogens is 2. The molecule has 2 aromatic rings. The van der Waals surface area contributed by atoms with Gasteiger partial charge in [-0.3, -0.25) is 9.36 Å². The molecular weight excluding hydrogens is 300 g/mol. The first-order valence-corrected chi connectivity index (χ1v) is 8.70. The van der Waals surface area contributed by atoms with Gasteiger partial charge in [0, 0.05) is 11.9 Å². The molecule has 0 aliphatic carbocycles. The molecule has 0 aliphatic heterocycles. The van der Waals surface area contributed by atoms with Gasteiger partial charge in [-0.2, -0.15) is 0 Å². The zero-order valence-corrected chi connectivity index (χ0v) is 13.9. The fraction of sp³-hybridized carbons (Fsp3) is 0.562. The monoisotopic (exact) mass is 322 g/mol. The lowest BCUT2D eigenvalue weighted by molar-refractivity contribution is 0.0529. The van der Waals surface area contributed by atoms with Gasteiger partial charge in [0.1, 0.15) is 4.83 Å². The highest BCUT2D eigenvalue weighted by atomic mass is 32.1. The molecule has 6 heteroatoms. The van der Waals surface area contributed by atoms with Crippen LogP contribution in [-0.2, 0) is 11.3 Å². The molecule has 2 aromatic heterocycles. The molecule has 0 unspecified atom stereocenters. The maximum atomic E-state index is 12.6. The molecule has 0 fully saturated rings. The Bertz CT molecular complexity index is 690. The van der Waals surface area contributed by atoms with E-state index in [1.165, 1.54) is 30.6 Å². The normalized spacial score (nSPS) is 11.0. The third-order valence-electron chi connectivity index (χ3n) is 3.56. The number of hydrogen-bond donors (Lipinski definition) is 0. The Labute approximate surface area is 133 Å². The van der Waals surface area contributed by atoms with E-state index >= 15 is 0 Å². The van der Waals surface area contributed by atoms with E-state index in [9.17, 15) is 9.59 Å². The second kappa shape index (κ2) is 8.08. The number of ether oxygens (including phenoxy) is 1. The number of carbonyl (C=O) groups is 1. The summed E-state index contributed by atoms with van der Waals surface area (Å²) in [6, 6.07) is 0. The Hall–Kier alpha value is -1.69. The number of hydrogen-bond acceptors (Lipinski definition) is 5. The highest BCUT2D eigenvalue weighted by Crippen LogP contribution is 2.21. The summed E-state index contributed by atoms with van der Waals surface area (Å²) in [5, 5.41) is 2.04. The van der Waals surface area contributed by atoms with E-state index in [0.29, 0.717) is 28.9 Å². The van der Waals surface area contributed by atoms with E-state index in [1.807, 2.05) is 0 Å². The zero-order valence-electron chi connectivity index (χ0n) is 13.1. The van der Waals surface area contributed by atoms with E-state index in [2.05, 4.69) is 11.9 Å². The van der Waals surface area contributed by atoms with Crippen LogP contribution in [0.3, 0.4) is 0 Å². The molecule has 0 saturated heterocycles. The van der Waals surface area contributed by atoms with E-state index in [4.69, 9.17) is 4.74 Å². The lowest BCUT2D eigenvalue weighted by Gasteiger charge is -2.06. The van der Waals surface area contributed by atoms with Crippen LogP contribution in [-0.4, -0.2) is 22.1 Å². The predicted octanol–water partition coefficient (Wildman–Crippen LogP) is 3.61. The SMILES string of the molecule is CCCCCCCn1cnc2scc(C(=O)OCC)c2c1=O. The van der Waals surface area contributed by atoms with Crippen LogP contribution in [0.25, 0.3) is 10.2 Å². The minimum absolute atomic E-state index is 0.148. The third kappa shape index (κ3) is 3.74. The summed E-state index contributed by atoms with van der Waals surface area (Å²) in [7, 11) is 0. The molecule has 0 bridgehead atoms. The second-order valence-corrected chi connectivity index (χ2v) is 6.07. The third-order valence-corrected chi connectivity index (χ3v) is 4.44. The Balaban J connectivity index is 2.19. The lowest BCUT2D eigenvalue weighted by Crippen LogP contribution is -2.21. The van der Waals surface area contributed by atoms with Crippen molar-refractivity contribution in [3.05, 3.63) is 27.6 Å². The van der Waals surface area contributed by atoms with Gasteiger partial charge < -0.3 is 4.74 Å². The quantitative estimate of drug-likeness (QED) is 0.550. The van der Waals surface area contributed by atoms with Crippen molar-refractivity contribution >= 4 is 27.5 Å². The van der Waals surface area contributed by atoms with Crippen LogP contribution in [0, 0.1) is 0 Å². The first-order valence-electron chi connectivity index (χ1n) is 7.82. The maximum absolute atomic E-state index is 12.6. The van der Waals surface area contributed by atoms with Crippen molar-refractivity contribution in [1.82, 2.24) is 9.55 Å². The molecule has 0 aromatic carbocycles. The first-order chi connectivity index (χ1) is 10.7. The summed E-state index contributed by atoms with van der Waals surface area (Å²) < 4.78 is 6.61. The summed E-state index contributed by atoms with van der Waals surface area (Å²) in [5.74, 6) is -0.451. The van der Waals surface area contributed by atoms with Gasteiger partial charge in [0.15, 0.2) is 0 Å². The maximum Gasteiger partial charge on any atom is 0.339 e. The summed E-state index contributed by atoms with van der Waals surface area (Å²) in [6.07, 6.45) is 7.25. The summed E-state index contributed by atoms with van der Waals surface area (Å²) in [5.41, 5.74) is 0.185. The van der Waals surface area contributed by atoms with Crippen LogP contribution < -0.4 is 5.56 Å². The van der Waals surface area contributed by atoms with E-state index in [1.54, 1.807) is 23.2 Å². The molecule has 22 heavy (non-hydrogen) atoms. The molecule has 2 rings (SSSR count). The van der Waals surface area contributed by atoms with Gasteiger partial charge in [-0.05, 0) is 13.3 Å². The average Bonchev–Trinajstić information content (AvgIpc) is 2.94. The number of nitrogens with zero attached hydrogens (tertiary/aromatic N) is 2. The molecule has 5 nitrogen and oxygen atoms in total. The predicted molar refractivity (Wildman–Crippen MR) is 88.6 cm³/mol. The number of fused-ring (bicyclic) bond motifs is 1. The van der Waals surface area contributed by atoms with Gasteiger partial charge >= 0.3 is 5.97 Å². The molecule has 0 atom stereocenters. The summed E-state index contributed by atoms with van der Waals surface area (Å²) >= 11 is 1.30. The van der Waals surface area contributed by atoms with Crippen LogP contribution in [0.2, 0.25) is 0 Å². The Morgan fingerprint density at radius 3 is 2.77 bits per heavy atom. The standard InChI is InChI=1S/C16H22N2O3S/c1-3-5-6-7-8-9-18-11-17-14-13(15(18)19)12(10-22-14)16(20)21-4-2/h10-11H,3-9H2,1-2H3. The van der Waals surface area contributed by atoms with Crippen LogP contribution in [0.5, 0.6) is 0 Å². The Kier molecular flexibility index (Phi) is 6.12. The molecule has 2 heterocycles. The van der Waals surface area contributed by atoms with E-state index in [-0.39, 0.29) is 5.56 Å². The van der Waals surface area contributed by atoms with Crippen molar-refractivity contribution < 1.29 is 9.53 Å². The minimum Gasteiger partial charge on any atom is -0.462 e. The molecule has 0 amide bonds. The first kappa shape index (κ1) is 16.7. The number of unbranched alkanes of at least 4 members (excludes halogenated alkanes) is 4. The Morgan fingerprint density at radius 2 is 2.05 bits per heavy atom. The highest BCUT2D eigenvalue weighted by molar-refractivity contribution is 7.17. The fourth-order valence-electron chi connectivity index (χ4n) is 2.37. The lowest BCUT2D eigenvalue weighted by atomic mass is 10.1. The van der Waals surface area contributed by atoms with E-state index in [0.717, 1.165) is 12.8 Å². The molecule has 0 N–H and O–H groups in total. The van der Waals surface area contributed by atoms with Crippen molar-refractivity contribution in [3.63, 3.8) is 0 Å². The van der Waals surface area contributed by atoms with Crippen molar-refractivity contribution in [1.29, 1.82) is 0 Å². The molecular formula is C16H22N2O3S. The number of esters is 1. The van der Waals surface area contributed by atoms with E-state index < -0.39 is 5.97 Å². The number of carbonyl (C=O) groups excluding carboxylic acids is 1. The van der Waals surface area contributed by atoms with Crippen LogP contribution in [0.4, 0.5) is 0 Å². The summed E-state index contributed by atoms with van der Waals surface area (Å²) in [6.45, 7) is 4.86. The van der Waals surface area contributed by atoms with Gasteiger partial charge in [-0.15, -0.1) is 11.3 Å². The molecule has 0 aliphatic rings. The average molecular weight is 322 g/mol. The van der Waals surface area contributed by atoms with Gasteiger partial charge in [0.2, 0.25) is 0 Å². The topological polar surface area (TPSA) is 61.2 Å².